The lowest BCUT2D eigenvalue weighted by Crippen LogP contribution is -2.51. The zero-order valence-corrected chi connectivity index (χ0v) is 26.6. The molecule has 0 saturated carbocycles. The van der Waals surface area contributed by atoms with Crippen molar-refractivity contribution in [1.29, 1.82) is 0 Å². The number of carbonyl (C=O) groups excluding carboxylic acids is 2. The van der Waals surface area contributed by atoms with Gasteiger partial charge in [-0.2, -0.15) is 13.2 Å². The second-order valence-electron chi connectivity index (χ2n) is 12.3. The molecule has 0 N–H and O–H groups in total. The van der Waals surface area contributed by atoms with Gasteiger partial charge < -0.3 is 23.8 Å². The van der Waals surface area contributed by atoms with Crippen molar-refractivity contribution in [3.05, 3.63) is 57.7 Å². The molecule has 44 heavy (non-hydrogen) atoms. The molecule has 0 aliphatic carbocycles. The van der Waals surface area contributed by atoms with E-state index in [4.69, 9.17) is 30.5 Å². The predicted octanol–water partition coefficient (Wildman–Crippen LogP) is 6.70. The van der Waals surface area contributed by atoms with Crippen molar-refractivity contribution in [2.24, 2.45) is 11.3 Å². The van der Waals surface area contributed by atoms with Crippen LogP contribution in [0.15, 0.2) is 30.5 Å². The molecule has 12 heteroatoms. The van der Waals surface area contributed by atoms with Crippen LogP contribution in [-0.4, -0.2) is 60.3 Å². The van der Waals surface area contributed by atoms with Crippen molar-refractivity contribution >= 4 is 23.5 Å². The number of hydrogen-bond acceptors (Lipinski definition) is 7. The summed E-state index contributed by atoms with van der Waals surface area (Å²) in [6.45, 7) is 9.48. The van der Waals surface area contributed by atoms with E-state index in [-0.39, 0.29) is 30.6 Å². The van der Waals surface area contributed by atoms with Gasteiger partial charge in [0.05, 0.1) is 38.0 Å². The number of likely N-dealkylation sites (tertiary alicyclic amines) is 1. The number of carbonyl (C=O) groups is 2. The molecule has 5 atom stereocenters. The highest BCUT2D eigenvalue weighted by Crippen LogP contribution is 2.51. The average molecular weight is 641 g/mol. The molecule has 0 radical (unpaired) electrons. The molecule has 8 nitrogen and oxygen atoms in total. The molecule has 2 aliphatic rings. The SMILES string of the molecule is CCOC(=O)[C@@H]1[C@@H](C(C)(C)C)[C@H](OCc2cc(C(F)(F)F)cnc2OC)[C@H](c2cccc(Cl)c2C)N1C(=O)[C@@H]1CCCCO1. The second-order valence-corrected chi connectivity index (χ2v) is 12.7. The van der Waals surface area contributed by atoms with Crippen LogP contribution in [0.5, 0.6) is 5.88 Å². The van der Waals surface area contributed by atoms with Crippen LogP contribution >= 0.6 is 11.6 Å². The fraction of sp³-hybridized carbons (Fsp3) is 0.594. The number of pyridine rings is 1. The Bertz CT molecular complexity index is 1340. The van der Waals surface area contributed by atoms with Crippen molar-refractivity contribution in [2.45, 2.75) is 91.0 Å². The fourth-order valence-corrected chi connectivity index (χ4v) is 6.48. The lowest BCUT2D eigenvalue weighted by atomic mass is 9.73. The molecule has 4 rings (SSSR count). The molecule has 2 fully saturated rings. The van der Waals surface area contributed by atoms with E-state index < -0.39 is 53.3 Å². The monoisotopic (exact) mass is 640 g/mol. The normalized spacial score (nSPS) is 24.3. The quantitative estimate of drug-likeness (QED) is 0.297. The summed E-state index contributed by atoms with van der Waals surface area (Å²) in [6, 6.07) is 4.34. The van der Waals surface area contributed by atoms with Gasteiger partial charge in [0, 0.05) is 29.3 Å². The van der Waals surface area contributed by atoms with Crippen molar-refractivity contribution in [3.63, 3.8) is 0 Å². The van der Waals surface area contributed by atoms with Crippen molar-refractivity contribution in [3.8, 4) is 5.88 Å². The predicted molar refractivity (Wildman–Crippen MR) is 157 cm³/mol. The third kappa shape index (κ3) is 7.00. The standard InChI is InChI=1S/C32H40ClF3N2O6/c1-7-42-30(40)26-24(31(3,4)5)27(44-17-19-15-20(32(34,35)36)16-37-28(19)41-6)25(21-11-10-12-22(33)18(21)2)38(26)29(39)23-13-8-9-14-43-23/h10-12,15-16,23-27H,7-9,13-14,17H2,1-6H3/t23-,24+,25-,26-,27-/m0/s1. The minimum absolute atomic E-state index is 0.0238. The van der Waals surface area contributed by atoms with Crippen LogP contribution in [0.2, 0.25) is 5.02 Å². The highest BCUT2D eigenvalue weighted by Gasteiger charge is 2.60. The number of halogens is 4. The van der Waals surface area contributed by atoms with Crippen LogP contribution in [0.25, 0.3) is 0 Å². The lowest BCUT2D eigenvalue weighted by molar-refractivity contribution is -0.162. The molecule has 0 unspecified atom stereocenters. The van der Waals surface area contributed by atoms with Crippen molar-refractivity contribution in [2.75, 3.05) is 20.3 Å². The molecular formula is C32H40ClF3N2O6. The third-order valence-electron chi connectivity index (χ3n) is 8.35. The van der Waals surface area contributed by atoms with Crippen LogP contribution in [0.1, 0.15) is 75.3 Å². The maximum absolute atomic E-state index is 14.4. The van der Waals surface area contributed by atoms with Crippen molar-refractivity contribution < 1.29 is 41.7 Å². The Morgan fingerprint density at radius 2 is 1.91 bits per heavy atom. The van der Waals surface area contributed by atoms with E-state index in [0.29, 0.717) is 35.4 Å². The summed E-state index contributed by atoms with van der Waals surface area (Å²) < 4.78 is 64.1. The highest BCUT2D eigenvalue weighted by atomic mass is 35.5. The van der Waals surface area contributed by atoms with Gasteiger partial charge in [-0.1, -0.05) is 44.5 Å². The van der Waals surface area contributed by atoms with Gasteiger partial charge in [-0.3, -0.25) is 4.79 Å². The molecular weight excluding hydrogens is 601 g/mol. The van der Waals surface area contributed by atoms with Crippen LogP contribution in [-0.2, 0) is 36.6 Å². The Hall–Kier alpha value is -2.89. The molecule has 0 bridgehead atoms. The number of amides is 1. The summed E-state index contributed by atoms with van der Waals surface area (Å²) in [5, 5.41) is 0.457. The summed E-state index contributed by atoms with van der Waals surface area (Å²) in [5.41, 5.74) is -0.170. The van der Waals surface area contributed by atoms with Gasteiger partial charge in [0.25, 0.3) is 5.91 Å². The molecule has 242 valence electrons. The van der Waals surface area contributed by atoms with Crippen LogP contribution in [0.3, 0.4) is 0 Å². The van der Waals surface area contributed by atoms with Gasteiger partial charge in [-0.15, -0.1) is 0 Å². The number of nitrogens with zero attached hydrogens (tertiary/aromatic N) is 2. The molecule has 2 aliphatic heterocycles. The maximum Gasteiger partial charge on any atom is 0.417 e. The minimum Gasteiger partial charge on any atom is -0.481 e. The summed E-state index contributed by atoms with van der Waals surface area (Å²) in [4.78, 5) is 33.6. The largest absolute Gasteiger partial charge is 0.481 e. The topological polar surface area (TPSA) is 87.2 Å². The average Bonchev–Trinajstić information content (AvgIpc) is 3.32. The Morgan fingerprint density at radius 3 is 2.50 bits per heavy atom. The zero-order valence-electron chi connectivity index (χ0n) is 25.9. The van der Waals surface area contributed by atoms with Crippen LogP contribution in [0.4, 0.5) is 13.2 Å². The summed E-state index contributed by atoms with van der Waals surface area (Å²) in [6.07, 6.45) is -3.46. The van der Waals surface area contributed by atoms with E-state index in [1.54, 1.807) is 19.1 Å². The van der Waals surface area contributed by atoms with Gasteiger partial charge in [0.1, 0.15) is 12.1 Å². The molecule has 1 aromatic heterocycles. The van der Waals surface area contributed by atoms with Crippen LogP contribution in [0, 0.1) is 18.3 Å². The third-order valence-corrected chi connectivity index (χ3v) is 8.76. The Morgan fingerprint density at radius 1 is 1.18 bits per heavy atom. The molecule has 2 saturated heterocycles. The highest BCUT2D eigenvalue weighted by molar-refractivity contribution is 6.31. The molecule has 0 spiro atoms. The molecule has 2 aromatic rings. The van der Waals surface area contributed by atoms with Gasteiger partial charge in [0.2, 0.25) is 5.88 Å². The van der Waals surface area contributed by atoms with E-state index in [1.807, 2.05) is 33.8 Å². The second kappa shape index (κ2) is 13.6. The molecule has 1 aromatic carbocycles. The van der Waals surface area contributed by atoms with E-state index >= 15 is 0 Å². The van der Waals surface area contributed by atoms with E-state index in [0.717, 1.165) is 18.9 Å². The first-order chi connectivity index (χ1) is 20.7. The fourth-order valence-electron chi connectivity index (χ4n) is 6.30. The number of ether oxygens (including phenoxy) is 4. The van der Waals surface area contributed by atoms with Gasteiger partial charge in [-0.25, -0.2) is 9.78 Å². The number of methoxy groups -OCH3 is 1. The lowest BCUT2D eigenvalue weighted by Gasteiger charge is -2.36. The number of hydrogen-bond donors (Lipinski definition) is 0. The Labute approximate surface area is 261 Å². The summed E-state index contributed by atoms with van der Waals surface area (Å²) in [7, 11) is 1.31. The van der Waals surface area contributed by atoms with Gasteiger partial charge in [-0.05, 0) is 61.8 Å². The first kappa shape index (κ1) is 34.0. The van der Waals surface area contributed by atoms with Crippen molar-refractivity contribution in [1.82, 2.24) is 9.88 Å². The smallest absolute Gasteiger partial charge is 0.417 e. The van der Waals surface area contributed by atoms with E-state index in [2.05, 4.69) is 4.98 Å². The minimum atomic E-state index is -4.63. The molecule has 1 amide bonds. The van der Waals surface area contributed by atoms with Gasteiger partial charge >= 0.3 is 12.1 Å². The van der Waals surface area contributed by atoms with E-state index in [1.165, 1.54) is 12.0 Å². The number of alkyl halides is 3. The Kier molecular flexibility index (Phi) is 10.5. The number of benzene rings is 1. The van der Waals surface area contributed by atoms with Gasteiger partial charge in [0.15, 0.2) is 0 Å². The number of aromatic nitrogens is 1. The number of esters is 1. The molecule has 3 heterocycles. The summed E-state index contributed by atoms with van der Waals surface area (Å²) in [5.74, 6) is -1.62. The Balaban J connectivity index is 1.90. The van der Waals surface area contributed by atoms with E-state index in [9.17, 15) is 22.8 Å². The van der Waals surface area contributed by atoms with Crippen LogP contribution < -0.4 is 4.74 Å². The summed E-state index contributed by atoms with van der Waals surface area (Å²) >= 11 is 6.57. The number of rotatable bonds is 8. The first-order valence-corrected chi connectivity index (χ1v) is 15.2. The zero-order chi connectivity index (χ0) is 32.4. The maximum atomic E-state index is 14.4. The first-order valence-electron chi connectivity index (χ1n) is 14.8.